The van der Waals surface area contributed by atoms with Crippen LogP contribution in [0.15, 0.2) is 62.8 Å². The van der Waals surface area contributed by atoms with Gasteiger partial charge in [-0.25, -0.2) is 9.59 Å². The number of carboxylic acids is 1. The van der Waals surface area contributed by atoms with Gasteiger partial charge in [0.05, 0.1) is 18.8 Å². The van der Waals surface area contributed by atoms with Crippen molar-refractivity contribution in [3.05, 3.63) is 62.8 Å². The highest BCUT2D eigenvalue weighted by Gasteiger charge is 1.93. The summed E-state index contributed by atoms with van der Waals surface area (Å²) in [7, 11) is 0. The molecule has 2 N–H and O–H groups in total. The quantitative estimate of drug-likeness (QED) is 0.444. The normalized spacial score (nSPS) is 7.39. The molecule has 8 heteroatoms. The number of aliphatic carboxylic acids is 1. The van der Waals surface area contributed by atoms with Crippen LogP contribution in [-0.4, -0.2) is 28.1 Å². The third-order valence-corrected chi connectivity index (χ3v) is 1.06. The maximum atomic E-state index is 10.3. The number of carbonyl (C=O) groups is 3. The third kappa shape index (κ3) is 54.6. The predicted molar refractivity (Wildman–Crippen MR) is 88.5 cm³/mol. The second kappa shape index (κ2) is 27.5. The summed E-state index contributed by atoms with van der Waals surface area (Å²) in [6.07, 6.45) is 4.70. The summed E-state index contributed by atoms with van der Waals surface area (Å²) >= 11 is 4.76. The summed E-state index contributed by atoms with van der Waals surface area (Å²) in [6, 6.07) is 0. The minimum absolute atomic E-state index is 0.241. The number of halogens is 1. The van der Waals surface area contributed by atoms with Gasteiger partial charge in [-0.2, -0.15) is 0 Å². The zero-order valence-corrected chi connectivity index (χ0v) is 13.6. The zero-order valence-electron chi connectivity index (χ0n) is 12.8. The van der Waals surface area contributed by atoms with Crippen LogP contribution in [0.2, 0.25) is 0 Å². The summed E-state index contributed by atoms with van der Waals surface area (Å²) in [6.45, 7) is 14.1. The van der Waals surface area contributed by atoms with Crippen LogP contribution < -0.4 is 0 Å². The molecule has 0 saturated carbocycles. The standard InChI is InChI=1S/C6H6O4.C5H8O2.C2H3Cl.C2H4O/c1-2-10-6(9)4-3-5(7)8;1-3-5(6)7-4-2;2*1-2-3/h2-4H,1H2,(H,7,8);4H,2-3H2,1H3;2H,1H2;2-3H,1H2. The van der Waals surface area contributed by atoms with Crippen molar-refractivity contribution in [2.45, 2.75) is 13.3 Å². The minimum Gasteiger partial charge on any atom is -0.516 e. The molecule has 7 nitrogen and oxygen atoms in total. The maximum absolute atomic E-state index is 10.3. The summed E-state index contributed by atoms with van der Waals surface area (Å²) in [5.74, 6) is -2.19. The highest BCUT2D eigenvalue weighted by molar-refractivity contribution is 6.25. The molecule has 23 heavy (non-hydrogen) atoms. The number of aliphatic hydroxyl groups is 1. The van der Waals surface area contributed by atoms with Crippen molar-refractivity contribution in [3.63, 3.8) is 0 Å². The number of ether oxygens (including phenoxy) is 2. The van der Waals surface area contributed by atoms with E-state index in [-0.39, 0.29) is 5.97 Å². The van der Waals surface area contributed by atoms with Crippen molar-refractivity contribution < 1.29 is 34.1 Å². The largest absolute Gasteiger partial charge is 0.516 e. The first-order chi connectivity index (χ1) is 10.8. The number of carboxylic acid groups (broad SMARTS) is 1. The Morgan fingerprint density at radius 3 is 1.65 bits per heavy atom. The number of aliphatic hydroxyl groups excluding tert-OH is 1. The van der Waals surface area contributed by atoms with E-state index in [2.05, 4.69) is 35.8 Å². The molecule has 0 fully saturated rings. The summed E-state index contributed by atoms with van der Waals surface area (Å²) < 4.78 is 8.48. The lowest BCUT2D eigenvalue weighted by molar-refractivity contribution is -0.137. The number of rotatable bonds is 5. The Balaban J connectivity index is -0.000000120. The molecular formula is C15H21ClO7. The summed E-state index contributed by atoms with van der Waals surface area (Å²) in [4.78, 5) is 30.2. The van der Waals surface area contributed by atoms with Gasteiger partial charge in [-0.1, -0.05) is 44.8 Å². The van der Waals surface area contributed by atoms with Crippen molar-refractivity contribution in [2.24, 2.45) is 0 Å². The average Bonchev–Trinajstić information content (AvgIpc) is 2.48. The van der Waals surface area contributed by atoms with E-state index in [1.807, 2.05) is 0 Å². The van der Waals surface area contributed by atoms with E-state index in [9.17, 15) is 14.4 Å². The Morgan fingerprint density at radius 1 is 1.04 bits per heavy atom. The molecule has 0 unspecified atom stereocenters. The van der Waals surface area contributed by atoms with Crippen LogP contribution >= 0.6 is 11.6 Å². The van der Waals surface area contributed by atoms with Gasteiger partial charge < -0.3 is 19.7 Å². The highest BCUT2D eigenvalue weighted by atomic mass is 35.5. The molecule has 0 aliphatic heterocycles. The van der Waals surface area contributed by atoms with Crippen LogP contribution in [0.3, 0.4) is 0 Å². The van der Waals surface area contributed by atoms with E-state index < -0.39 is 11.9 Å². The summed E-state index contributed by atoms with van der Waals surface area (Å²) in [5, 5.41) is 15.3. The van der Waals surface area contributed by atoms with E-state index in [0.29, 0.717) is 12.5 Å². The fraction of sp³-hybridized carbons (Fsp3) is 0.133. The van der Waals surface area contributed by atoms with E-state index in [0.717, 1.165) is 24.9 Å². The Labute approximate surface area is 140 Å². The van der Waals surface area contributed by atoms with Crippen LogP contribution in [0.5, 0.6) is 0 Å². The second-order valence-corrected chi connectivity index (χ2v) is 2.93. The van der Waals surface area contributed by atoms with Gasteiger partial charge in [-0.3, -0.25) is 4.79 Å². The Hall–Kier alpha value is -2.80. The van der Waals surface area contributed by atoms with Gasteiger partial charge in [0.15, 0.2) is 0 Å². The Morgan fingerprint density at radius 2 is 1.43 bits per heavy atom. The van der Waals surface area contributed by atoms with Crippen LogP contribution in [0.1, 0.15) is 13.3 Å². The minimum atomic E-state index is -1.19. The van der Waals surface area contributed by atoms with Gasteiger partial charge in [0.25, 0.3) is 0 Å². The van der Waals surface area contributed by atoms with E-state index in [1.54, 1.807) is 6.92 Å². The molecule has 0 rings (SSSR count). The molecule has 0 bridgehead atoms. The molecule has 130 valence electrons. The molecule has 0 saturated heterocycles. The van der Waals surface area contributed by atoms with Crippen molar-refractivity contribution in [3.8, 4) is 0 Å². The fourth-order valence-electron chi connectivity index (χ4n) is 0.437. The zero-order chi connectivity index (χ0) is 19.1. The SMILES string of the molecule is C=CCl.C=CO.C=COC(=O)C=CC(=O)O.C=COC(=O)CC. The van der Waals surface area contributed by atoms with E-state index in [1.165, 1.54) is 5.54 Å². The molecule has 0 aromatic carbocycles. The number of hydrogen-bond donors (Lipinski definition) is 2. The molecule has 0 heterocycles. The van der Waals surface area contributed by atoms with E-state index in [4.69, 9.17) is 21.8 Å². The lowest BCUT2D eigenvalue weighted by Gasteiger charge is -1.88. The number of esters is 2. The third-order valence-electron chi connectivity index (χ3n) is 1.06. The van der Waals surface area contributed by atoms with Gasteiger partial charge in [-0.05, 0) is 5.54 Å². The number of carbonyl (C=O) groups excluding carboxylic acids is 2. The molecular weight excluding hydrogens is 328 g/mol. The topological polar surface area (TPSA) is 110 Å². The van der Waals surface area contributed by atoms with Gasteiger partial charge >= 0.3 is 17.9 Å². The van der Waals surface area contributed by atoms with Gasteiger partial charge in [0, 0.05) is 18.6 Å². The molecule has 0 atom stereocenters. The fourth-order valence-corrected chi connectivity index (χ4v) is 0.437. The first kappa shape index (κ1) is 28.4. The van der Waals surface area contributed by atoms with Crippen molar-refractivity contribution in [2.75, 3.05) is 0 Å². The number of hydrogen-bond acceptors (Lipinski definition) is 6. The van der Waals surface area contributed by atoms with E-state index >= 15 is 0 Å². The Kier molecular flexibility index (Phi) is 34.0. The maximum Gasteiger partial charge on any atom is 0.335 e. The average molecular weight is 349 g/mol. The van der Waals surface area contributed by atoms with Gasteiger partial charge in [0.1, 0.15) is 0 Å². The first-order valence-electron chi connectivity index (χ1n) is 5.80. The highest BCUT2D eigenvalue weighted by Crippen LogP contribution is 1.81. The lowest BCUT2D eigenvalue weighted by Crippen LogP contribution is -1.95. The lowest BCUT2D eigenvalue weighted by atomic mass is 10.5. The van der Waals surface area contributed by atoms with Crippen molar-refractivity contribution in [1.29, 1.82) is 0 Å². The van der Waals surface area contributed by atoms with Crippen LogP contribution in [0.4, 0.5) is 0 Å². The van der Waals surface area contributed by atoms with Crippen LogP contribution in [-0.2, 0) is 23.9 Å². The predicted octanol–water partition coefficient (Wildman–Crippen LogP) is 3.45. The molecule has 0 aromatic heterocycles. The van der Waals surface area contributed by atoms with Gasteiger partial charge in [-0.15, -0.1) is 0 Å². The molecule has 0 spiro atoms. The molecule has 0 aromatic rings. The summed E-state index contributed by atoms with van der Waals surface area (Å²) in [5.41, 5.74) is 1.22. The molecule has 0 amide bonds. The first-order valence-corrected chi connectivity index (χ1v) is 6.23. The van der Waals surface area contributed by atoms with Crippen LogP contribution in [0, 0.1) is 0 Å². The smallest absolute Gasteiger partial charge is 0.335 e. The van der Waals surface area contributed by atoms with Crippen LogP contribution in [0.25, 0.3) is 0 Å². The van der Waals surface area contributed by atoms with Crippen molar-refractivity contribution in [1.82, 2.24) is 0 Å². The monoisotopic (exact) mass is 348 g/mol. The van der Waals surface area contributed by atoms with Crippen molar-refractivity contribution >= 4 is 29.5 Å². The van der Waals surface area contributed by atoms with Gasteiger partial charge in [0.2, 0.25) is 0 Å². The second-order valence-electron chi connectivity index (χ2n) is 2.62. The molecule has 0 radical (unpaired) electrons. The molecule has 0 aliphatic rings. The Bertz CT molecular complexity index is 395. The molecule has 0 aliphatic carbocycles.